The number of aliphatic hydroxyl groups is 2. The second-order valence-electron chi connectivity index (χ2n) is 5.42. The number of carboxylic acid groups (broad SMARTS) is 1. The number of hydrogen-bond acceptors (Lipinski definition) is 8. The molecule has 3 heterocycles. The fourth-order valence-corrected chi connectivity index (χ4v) is 2.56. The minimum atomic E-state index is -0.973. The van der Waals surface area contributed by atoms with Crippen molar-refractivity contribution in [2.24, 2.45) is 0 Å². The number of aromatic nitrogens is 4. The summed E-state index contributed by atoms with van der Waals surface area (Å²) in [5, 5.41) is 30.4. The van der Waals surface area contributed by atoms with Gasteiger partial charge in [-0.2, -0.15) is 4.98 Å². The third-order valence-corrected chi connectivity index (χ3v) is 3.76. The molecule has 24 heavy (non-hydrogen) atoms. The van der Waals surface area contributed by atoms with Crippen molar-refractivity contribution < 1.29 is 24.9 Å². The average molecular weight is 339 g/mol. The molecular weight excluding hydrogens is 322 g/mol. The predicted molar refractivity (Wildman–Crippen MR) is 80.5 cm³/mol. The minimum absolute atomic E-state index is 0.100. The molecule has 0 aliphatic carbocycles. The molecule has 0 amide bonds. The van der Waals surface area contributed by atoms with Crippen LogP contribution in [0, 0.1) is 0 Å². The van der Waals surface area contributed by atoms with E-state index < -0.39 is 30.0 Å². The third kappa shape index (κ3) is 3.09. The first-order chi connectivity index (χ1) is 11.5. The van der Waals surface area contributed by atoms with Gasteiger partial charge in [0.15, 0.2) is 11.2 Å². The molecule has 0 unspecified atom stereocenters. The number of aliphatic carboxylic acids is 1. The molecule has 11 heteroatoms. The van der Waals surface area contributed by atoms with Crippen LogP contribution in [0.1, 0.15) is 19.1 Å². The van der Waals surface area contributed by atoms with Gasteiger partial charge in [0.05, 0.1) is 25.5 Å². The van der Waals surface area contributed by atoms with E-state index in [0.717, 1.165) is 0 Å². The Balaban J connectivity index is 1.88. The number of anilines is 1. The highest BCUT2D eigenvalue weighted by Crippen LogP contribution is 2.30. The molecular formula is C13H17N5O6. The van der Waals surface area contributed by atoms with E-state index in [2.05, 4.69) is 20.3 Å². The normalized spacial score (nSPS) is 23.7. The van der Waals surface area contributed by atoms with Crippen LogP contribution in [0.25, 0.3) is 11.2 Å². The Kier molecular flexibility index (Phi) is 4.46. The molecule has 5 N–H and O–H groups in total. The van der Waals surface area contributed by atoms with Gasteiger partial charge in [0.25, 0.3) is 5.56 Å². The Bertz CT molecular complexity index is 802. The first-order valence-corrected chi connectivity index (χ1v) is 7.36. The summed E-state index contributed by atoms with van der Waals surface area (Å²) in [7, 11) is 0. The molecule has 130 valence electrons. The van der Waals surface area contributed by atoms with Crippen LogP contribution in [0.3, 0.4) is 0 Å². The number of aliphatic hydroxyl groups excluding tert-OH is 2. The molecule has 2 aromatic rings. The van der Waals surface area contributed by atoms with Gasteiger partial charge in [-0.15, -0.1) is 0 Å². The van der Waals surface area contributed by atoms with Crippen LogP contribution in [-0.4, -0.2) is 66.2 Å². The summed E-state index contributed by atoms with van der Waals surface area (Å²) >= 11 is 0. The van der Waals surface area contributed by atoms with Gasteiger partial charge in [0.2, 0.25) is 5.95 Å². The molecule has 11 nitrogen and oxygen atoms in total. The quantitative estimate of drug-likeness (QED) is 0.428. The maximum absolute atomic E-state index is 12.1. The summed E-state index contributed by atoms with van der Waals surface area (Å²) in [5.41, 5.74) is -0.134. The summed E-state index contributed by atoms with van der Waals surface area (Å²) in [5.74, 6) is -0.855. The van der Waals surface area contributed by atoms with Gasteiger partial charge in [-0.05, 0) is 0 Å². The zero-order chi connectivity index (χ0) is 17.3. The first-order valence-electron chi connectivity index (χ1n) is 7.36. The number of aromatic amines is 1. The second-order valence-corrected chi connectivity index (χ2v) is 5.42. The molecule has 1 fully saturated rings. The summed E-state index contributed by atoms with van der Waals surface area (Å²) in [4.78, 5) is 33.3. The number of rotatable bonds is 6. The number of nitrogens with zero attached hydrogens (tertiary/aromatic N) is 3. The maximum Gasteiger partial charge on any atom is 0.305 e. The number of carbonyl (C=O) groups is 1. The lowest BCUT2D eigenvalue weighted by Crippen LogP contribution is -2.24. The van der Waals surface area contributed by atoms with Gasteiger partial charge in [-0.3, -0.25) is 19.1 Å². The van der Waals surface area contributed by atoms with Crippen molar-refractivity contribution in [1.29, 1.82) is 0 Å². The monoisotopic (exact) mass is 339 g/mol. The highest BCUT2D eigenvalue weighted by atomic mass is 16.5. The fourth-order valence-electron chi connectivity index (χ4n) is 2.56. The molecule has 3 rings (SSSR count). The number of hydrogen-bond donors (Lipinski definition) is 5. The van der Waals surface area contributed by atoms with E-state index in [4.69, 9.17) is 14.9 Å². The molecule has 1 aliphatic heterocycles. The highest BCUT2D eigenvalue weighted by molar-refractivity contribution is 5.71. The van der Waals surface area contributed by atoms with Crippen LogP contribution < -0.4 is 10.9 Å². The summed E-state index contributed by atoms with van der Waals surface area (Å²) < 4.78 is 7.05. The van der Waals surface area contributed by atoms with Crippen LogP contribution in [0.15, 0.2) is 11.1 Å². The van der Waals surface area contributed by atoms with Gasteiger partial charge in [0, 0.05) is 13.0 Å². The van der Waals surface area contributed by atoms with Crippen LogP contribution in [0.4, 0.5) is 5.95 Å². The van der Waals surface area contributed by atoms with E-state index in [0.29, 0.717) is 0 Å². The largest absolute Gasteiger partial charge is 0.481 e. The molecule has 2 aromatic heterocycles. The standard InChI is InChI=1S/C13H17N5O6/c19-4-7-6(20)3-8(24-7)18-5-15-10-11(18)16-13(17-12(10)23)14-2-1-9(21)22/h5-8,19-20H,1-4H2,(H,21,22)(H2,14,16,17,23)/t6-,7+,8+/m0/s1. The molecule has 1 saturated heterocycles. The van der Waals surface area contributed by atoms with Crippen LogP contribution in [0.2, 0.25) is 0 Å². The fraction of sp³-hybridized carbons (Fsp3) is 0.538. The number of imidazole rings is 1. The number of H-pyrrole nitrogens is 1. The SMILES string of the molecule is O=C(O)CCNc1nc2c(ncn2[C@H]2C[C@H](O)[C@@H](CO)O2)c(=O)[nH]1. The number of nitrogens with one attached hydrogen (secondary N) is 2. The number of ether oxygens (including phenoxy) is 1. The van der Waals surface area contributed by atoms with Gasteiger partial charge in [-0.25, -0.2) is 4.98 Å². The maximum atomic E-state index is 12.1. The molecule has 1 aliphatic rings. The molecule has 0 spiro atoms. The van der Waals surface area contributed by atoms with E-state index in [-0.39, 0.29) is 43.1 Å². The molecule has 0 aromatic carbocycles. The van der Waals surface area contributed by atoms with E-state index in [9.17, 15) is 14.7 Å². The Morgan fingerprint density at radius 2 is 2.33 bits per heavy atom. The molecule has 0 saturated carbocycles. The van der Waals surface area contributed by atoms with Crippen LogP contribution in [-0.2, 0) is 9.53 Å². The topological polar surface area (TPSA) is 163 Å². The van der Waals surface area contributed by atoms with Gasteiger partial charge >= 0.3 is 5.97 Å². The Hall–Kier alpha value is -2.50. The van der Waals surface area contributed by atoms with Crippen LogP contribution >= 0.6 is 0 Å². The molecule has 0 bridgehead atoms. The first kappa shape index (κ1) is 16.4. The van der Waals surface area contributed by atoms with Crippen LogP contribution in [0.5, 0.6) is 0 Å². The minimum Gasteiger partial charge on any atom is -0.481 e. The average Bonchev–Trinajstić information content (AvgIpc) is 3.10. The van der Waals surface area contributed by atoms with Crippen molar-refractivity contribution in [3.05, 3.63) is 16.7 Å². The van der Waals surface area contributed by atoms with Gasteiger partial charge < -0.3 is 25.4 Å². The van der Waals surface area contributed by atoms with Crippen molar-refractivity contribution in [2.45, 2.75) is 31.3 Å². The summed E-state index contributed by atoms with van der Waals surface area (Å²) in [6.07, 6.45) is -0.659. The van der Waals surface area contributed by atoms with E-state index >= 15 is 0 Å². The zero-order valence-corrected chi connectivity index (χ0v) is 12.5. The van der Waals surface area contributed by atoms with Crippen molar-refractivity contribution in [3.8, 4) is 0 Å². The molecule has 0 radical (unpaired) electrons. The lowest BCUT2D eigenvalue weighted by atomic mass is 10.2. The summed E-state index contributed by atoms with van der Waals surface area (Å²) in [6, 6.07) is 0. The lowest BCUT2D eigenvalue weighted by molar-refractivity contribution is -0.136. The van der Waals surface area contributed by atoms with Crippen molar-refractivity contribution in [1.82, 2.24) is 19.5 Å². The van der Waals surface area contributed by atoms with E-state index in [1.165, 1.54) is 10.9 Å². The smallest absolute Gasteiger partial charge is 0.305 e. The predicted octanol–water partition coefficient (Wildman–Crippen LogP) is -1.35. The van der Waals surface area contributed by atoms with Crippen molar-refractivity contribution >= 4 is 23.1 Å². The Labute approximate surface area is 134 Å². The van der Waals surface area contributed by atoms with Gasteiger partial charge in [0.1, 0.15) is 12.3 Å². The Morgan fingerprint density at radius 3 is 3.00 bits per heavy atom. The van der Waals surface area contributed by atoms with Crippen molar-refractivity contribution in [2.75, 3.05) is 18.5 Å². The lowest BCUT2D eigenvalue weighted by Gasteiger charge is -2.13. The third-order valence-electron chi connectivity index (χ3n) is 3.76. The van der Waals surface area contributed by atoms with Crippen molar-refractivity contribution in [3.63, 3.8) is 0 Å². The van der Waals surface area contributed by atoms with E-state index in [1.807, 2.05) is 0 Å². The van der Waals surface area contributed by atoms with Gasteiger partial charge in [-0.1, -0.05) is 0 Å². The van der Waals surface area contributed by atoms with E-state index in [1.54, 1.807) is 0 Å². The molecule has 3 atom stereocenters. The zero-order valence-electron chi connectivity index (χ0n) is 12.5. The number of carboxylic acids is 1. The Morgan fingerprint density at radius 1 is 1.54 bits per heavy atom. The number of fused-ring (bicyclic) bond motifs is 1. The summed E-state index contributed by atoms with van der Waals surface area (Å²) in [6.45, 7) is -0.219. The highest BCUT2D eigenvalue weighted by Gasteiger charge is 2.35. The second kappa shape index (κ2) is 6.55.